The van der Waals surface area contributed by atoms with Crippen LogP contribution in [-0.2, 0) is 14.3 Å². The first-order valence-corrected chi connectivity index (χ1v) is 3.11. The van der Waals surface area contributed by atoms with Gasteiger partial charge < -0.3 is 10.1 Å². The van der Waals surface area contributed by atoms with Crippen LogP contribution in [0.3, 0.4) is 0 Å². The maximum atomic E-state index is 10.7. The Labute approximate surface area is 62.7 Å². The number of esters is 1. The van der Waals surface area contributed by atoms with E-state index < -0.39 is 18.1 Å². The highest BCUT2D eigenvalue weighted by Crippen LogP contribution is 2.04. The number of nitrogens with one attached hydrogen (secondary N) is 1. The van der Waals surface area contributed by atoms with Crippen LogP contribution in [0.5, 0.6) is 0 Å². The lowest BCUT2D eigenvalue weighted by molar-refractivity contribution is -0.136. The van der Waals surface area contributed by atoms with E-state index in [1.54, 1.807) is 0 Å². The van der Waals surface area contributed by atoms with Crippen molar-refractivity contribution < 1.29 is 19.1 Å². The fourth-order valence-electron chi connectivity index (χ4n) is 0.815. The van der Waals surface area contributed by atoms with Gasteiger partial charge >= 0.3 is 12.1 Å². The second-order valence-corrected chi connectivity index (χ2v) is 2.31. The SMILES string of the molecule is CC(=O)CC1NC(=O)OC1=O. The predicted octanol–water partition coefficient (Wildman–Crippen LogP) is -0.399. The van der Waals surface area contributed by atoms with Crippen molar-refractivity contribution in [2.45, 2.75) is 19.4 Å². The normalized spacial score (nSPS) is 22.8. The van der Waals surface area contributed by atoms with E-state index in [1.165, 1.54) is 6.92 Å². The Hall–Kier alpha value is -1.39. The van der Waals surface area contributed by atoms with Gasteiger partial charge in [0.15, 0.2) is 0 Å². The van der Waals surface area contributed by atoms with Crippen LogP contribution < -0.4 is 5.32 Å². The number of hydrogen-bond donors (Lipinski definition) is 1. The molecule has 0 aromatic rings. The molecular weight excluding hydrogens is 150 g/mol. The van der Waals surface area contributed by atoms with Gasteiger partial charge in [0.1, 0.15) is 11.8 Å². The van der Waals surface area contributed by atoms with Gasteiger partial charge in [-0.1, -0.05) is 0 Å². The first-order chi connectivity index (χ1) is 5.09. The minimum absolute atomic E-state index is 0.00454. The molecule has 0 bridgehead atoms. The molecular formula is C6H7NO4. The van der Waals surface area contributed by atoms with Crippen LogP contribution in [-0.4, -0.2) is 23.9 Å². The summed E-state index contributed by atoms with van der Waals surface area (Å²) in [6.07, 6.45) is -0.772. The maximum absolute atomic E-state index is 10.7. The second-order valence-electron chi connectivity index (χ2n) is 2.31. The van der Waals surface area contributed by atoms with Crippen molar-refractivity contribution in [2.75, 3.05) is 0 Å². The van der Waals surface area contributed by atoms with E-state index in [1.807, 2.05) is 0 Å². The Kier molecular flexibility index (Phi) is 1.89. The Morgan fingerprint density at radius 1 is 1.64 bits per heavy atom. The van der Waals surface area contributed by atoms with E-state index in [2.05, 4.69) is 10.1 Å². The van der Waals surface area contributed by atoms with Gasteiger partial charge in [-0.25, -0.2) is 9.59 Å². The molecule has 1 heterocycles. The molecule has 1 fully saturated rings. The number of ether oxygens (including phenoxy) is 1. The molecule has 1 amide bonds. The van der Waals surface area contributed by atoms with E-state index in [0.717, 1.165) is 0 Å². The average Bonchev–Trinajstić information content (AvgIpc) is 2.09. The highest BCUT2D eigenvalue weighted by atomic mass is 16.6. The van der Waals surface area contributed by atoms with Crippen LogP contribution in [0.2, 0.25) is 0 Å². The lowest BCUT2D eigenvalue weighted by Gasteiger charge is -1.99. The van der Waals surface area contributed by atoms with Crippen LogP contribution in [0.25, 0.3) is 0 Å². The number of cyclic esters (lactones) is 2. The summed E-state index contributed by atoms with van der Waals surface area (Å²) in [6.45, 7) is 1.34. The van der Waals surface area contributed by atoms with Crippen molar-refractivity contribution in [3.05, 3.63) is 0 Å². The van der Waals surface area contributed by atoms with Crippen molar-refractivity contribution >= 4 is 17.8 Å². The third kappa shape index (κ3) is 1.76. The van der Waals surface area contributed by atoms with Crippen LogP contribution in [0.1, 0.15) is 13.3 Å². The highest BCUT2D eigenvalue weighted by molar-refractivity contribution is 5.97. The molecule has 1 N–H and O–H groups in total. The van der Waals surface area contributed by atoms with Crippen molar-refractivity contribution in [3.63, 3.8) is 0 Å². The summed E-state index contributed by atoms with van der Waals surface area (Å²) >= 11 is 0. The molecule has 11 heavy (non-hydrogen) atoms. The van der Waals surface area contributed by atoms with E-state index in [-0.39, 0.29) is 12.2 Å². The molecule has 1 rings (SSSR count). The topological polar surface area (TPSA) is 72.5 Å². The zero-order chi connectivity index (χ0) is 8.43. The molecule has 0 aromatic carbocycles. The number of hydrogen-bond acceptors (Lipinski definition) is 4. The number of ketones is 1. The van der Waals surface area contributed by atoms with Gasteiger partial charge in [-0.2, -0.15) is 0 Å². The van der Waals surface area contributed by atoms with Gasteiger partial charge in [0.05, 0.1) is 0 Å². The summed E-state index contributed by atoms with van der Waals surface area (Å²) in [5.74, 6) is -0.834. The number of Topliss-reactive ketones (excluding diaryl/α,β-unsaturated/α-hetero) is 1. The van der Waals surface area contributed by atoms with E-state index in [4.69, 9.17) is 0 Å². The van der Waals surface area contributed by atoms with Gasteiger partial charge in [-0.15, -0.1) is 0 Å². The van der Waals surface area contributed by atoms with Crippen molar-refractivity contribution in [1.82, 2.24) is 5.32 Å². The number of alkyl carbamates (subject to hydrolysis) is 1. The van der Waals surface area contributed by atoms with Gasteiger partial charge in [-0.05, 0) is 6.92 Å². The number of carbonyl (C=O) groups excluding carboxylic acids is 3. The Bertz CT molecular complexity index is 223. The number of carbonyl (C=O) groups is 3. The quantitative estimate of drug-likeness (QED) is 0.437. The van der Waals surface area contributed by atoms with Crippen LogP contribution >= 0.6 is 0 Å². The van der Waals surface area contributed by atoms with Crippen LogP contribution in [0.15, 0.2) is 0 Å². The Morgan fingerprint density at radius 3 is 2.64 bits per heavy atom. The maximum Gasteiger partial charge on any atom is 0.415 e. The second kappa shape index (κ2) is 2.69. The number of rotatable bonds is 2. The zero-order valence-electron chi connectivity index (χ0n) is 5.92. The minimum atomic E-state index is -0.778. The first-order valence-electron chi connectivity index (χ1n) is 3.11. The molecule has 1 aliphatic heterocycles. The van der Waals surface area contributed by atoms with Gasteiger partial charge in [-0.3, -0.25) is 4.79 Å². The molecule has 1 saturated heterocycles. The molecule has 1 aliphatic rings. The lowest BCUT2D eigenvalue weighted by atomic mass is 10.2. The first kappa shape index (κ1) is 7.71. The Morgan fingerprint density at radius 2 is 2.27 bits per heavy atom. The largest absolute Gasteiger partial charge is 0.415 e. The van der Waals surface area contributed by atoms with Gasteiger partial charge in [0.2, 0.25) is 0 Å². The zero-order valence-corrected chi connectivity index (χ0v) is 5.92. The molecule has 0 saturated carbocycles. The van der Waals surface area contributed by atoms with Crippen molar-refractivity contribution in [1.29, 1.82) is 0 Å². The fraction of sp³-hybridized carbons (Fsp3) is 0.500. The van der Waals surface area contributed by atoms with E-state index in [0.29, 0.717) is 0 Å². The van der Waals surface area contributed by atoms with E-state index in [9.17, 15) is 14.4 Å². The molecule has 0 radical (unpaired) electrons. The van der Waals surface area contributed by atoms with Gasteiger partial charge in [0, 0.05) is 6.42 Å². The molecule has 0 aromatic heterocycles. The summed E-state index contributed by atoms with van der Waals surface area (Å²) in [4.78, 5) is 31.5. The molecule has 5 nitrogen and oxygen atoms in total. The third-order valence-electron chi connectivity index (χ3n) is 1.26. The summed E-state index contributed by atoms with van der Waals surface area (Å²) in [7, 11) is 0. The number of amides is 1. The summed E-state index contributed by atoms with van der Waals surface area (Å²) in [5.41, 5.74) is 0. The van der Waals surface area contributed by atoms with Gasteiger partial charge in [0.25, 0.3) is 0 Å². The predicted molar refractivity (Wildman–Crippen MR) is 33.7 cm³/mol. The summed E-state index contributed by atoms with van der Waals surface area (Å²) in [6, 6.07) is -0.778. The summed E-state index contributed by atoms with van der Waals surface area (Å²) in [5, 5.41) is 2.20. The standard InChI is InChI=1S/C6H7NO4/c1-3(8)2-4-5(9)11-6(10)7-4/h4H,2H2,1H3,(H,7,10). The summed E-state index contributed by atoms with van der Waals surface area (Å²) < 4.78 is 4.13. The fourth-order valence-corrected chi connectivity index (χ4v) is 0.815. The van der Waals surface area contributed by atoms with E-state index >= 15 is 0 Å². The molecule has 1 unspecified atom stereocenters. The molecule has 5 heteroatoms. The Balaban J connectivity index is 2.53. The van der Waals surface area contributed by atoms with Crippen molar-refractivity contribution in [2.24, 2.45) is 0 Å². The molecule has 1 atom stereocenters. The van der Waals surface area contributed by atoms with Crippen LogP contribution in [0, 0.1) is 0 Å². The molecule has 0 aliphatic carbocycles. The molecule has 0 spiro atoms. The third-order valence-corrected chi connectivity index (χ3v) is 1.26. The minimum Gasteiger partial charge on any atom is -0.375 e. The molecule has 60 valence electrons. The smallest absolute Gasteiger partial charge is 0.375 e. The monoisotopic (exact) mass is 157 g/mol. The van der Waals surface area contributed by atoms with Crippen LogP contribution in [0.4, 0.5) is 4.79 Å². The van der Waals surface area contributed by atoms with Crippen molar-refractivity contribution in [3.8, 4) is 0 Å². The highest BCUT2D eigenvalue weighted by Gasteiger charge is 2.32. The average molecular weight is 157 g/mol. The lowest BCUT2D eigenvalue weighted by Crippen LogP contribution is -2.30.